The number of aryl methyl sites for hydroxylation is 1. The van der Waals surface area contributed by atoms with E-state index in [1.54, 1.807) is 0 Å². The third kappa shape index (κ3) is 2.40. The highest BCUT2D eigenvalue weighted by molar-refractivity contribution is 5.31. The molecule has 0 aliphatic heterocycles. The van der Waals surface area contributed by atoms with Crippen LogP contribution in [0.4, 0.5) is 0 Å². The summed E-state index contributed by atoms with van der Waals surface area (Å²) in [5.74, 6) is 0. The molecule has 1 aromatic heterocycles. The smallest absolute Gasteiger partial charge is 0.0807 e. The topological polar surface area (TPSA) is 28.4 Å². The molecule has 0 aromatic carbocycles. The zero-order valence-electron chi connectivity index (χ0n) is 11.4. The van der Waals surface area contributed by atoms with E-state index >= 15 is 0 Å². The van der Waals surface area contributed by atoms with Crippen molar-refractivity contribution in [3.05, 3.63) is 23.0 Å². The molecule has 1 aromatic rings. The Kier molecular flexibility index (Phi) is 3.59. The minimum atomic E-state index is -0.242. The van der Waals surface area contributed by atoms with E-state index in [1.165, 1.54) is 17.0 Å². The predicted molar refractivity (Wildman–Crippen MR) is 70.2 cm³/mol. The number of nitrogens with zero attached hydrogens (tertiary/aromatic N) is 2. The van der Waals surface area contributed by atoms with Gasteiger partial charge in [0.1, 0.15) is 0 Å². The van der Waals surface area contributed by atoms with Crippen molar-refractivity contribution in [2.45, 2.75) is 51.8 Å². The summed E-state index contributed by atoms with van der Waals surface area (Å²) in [7, 11) is 4.23. The van der Waals surface area contributed by atoms with Crippen molar-refractivity contribution in [3.8, 4) is 0 Å². The zero-order valence-corrected chi connectivity index (χ0v) is 11.4. The van der Waals surface area contributed by atoms with Gasteiger partial charge in [0.2, 0.25) is 0 Å². The minimum absolute atomic E-state index is 0.242. The fourth-order valence-electron chi connectivity index (χ4n) is 2.62. The summed E-state index contributed by atoms with van der Waals surface area (Å²) in [6.07, 6.45) is 2.89. The van der Waals surface area contributed by atoms with Crippen LogP contribution >= 0.6 is 0 Å². The van der Waals surface area contributed by atoms with Gasteiger partial charge in [0.05, 0.1) is 6.10 Å². The van der Waals surface area contributed by atoms with Crippen LogP contribution in [-0.2, 0) is 13.0 Å². The molecule has 0 radical (unpaired) electrons. The number of fused-ring (bicyclic) bond motifs is 1. The average Bonchev–Trinajstić information content (AvgIpc) is 2.58. The largest absolute Gasteiger partial charge is 0.388 e. The average molecular weight is 236 g/mol. The van der Waals surface area contributed by atoms with E-state index in [0.717, 1.165) is 25.8 Å². The second-order valence-corrected chi connectivity index (χ2v) is 5.52. The molecule has 0 fully saturated rings. The first-order valence-electron chi connectivity index (χ1n) is 6.54. The maximum atomic E-state index is 10.0. The molecule has 0 saturated heterocycles. The van der Waals surface area contributed by atoms with E-state index < -0.39 is 0 Å². The monoisotopic (exact) mass is 236 g/mol. The molecule has 17 heavy (non-hydrogen) atoms. The number of rotatable bonds is 3. The summed E-state index contributed by atoms with van der Waals surface area (Å²) in [5.41, 5.74) is 3.80. The summed E-state index contributed by atoms with van der Waals surface area (Å²) in [4.78, 5) is 2.24. The van der Waals surface area contributed by atoms with Gasteiger partial charge >= 0.3 is 0 Å². The predicted octanol–water partition coefficient (Wildman–Crippen LogP) is 2.12. The highest BCUT2D eigenvalue weighted by Crippen LogP contribution is 2.32. The van der Waals surface area contributed by atoms with E-state index in [2.05, 4.69) is 43.5 Å². The first-order chi connectivity index (χ1) is 8.00. The summed E-state index contributed by atoms with van der Waals surface area (Å²) in [6, 6.07) is 2.69. The van der Waals surface area contributed by atoms with Crippen LogP contribution in [0.2, 0.25) is 0 Å². The fourth-order valence-corrected chi connectivity index (χ4v) is 2.62. The second-order valence-electron chi connectivity index (χ2n) is 5.52. The maximum absolute atomic E-state index is 10.0. The Balaban J connectivity index is 2.28. The SMILES string of the molecule is Cc1cc2c(n1CC(C)N(C)C)CCCC2O. The lowest BCUT2D eigenvalue weighted by molar-refractivity contribution is 0.155. The van der Waals surface area contributed by atoms with Gasteiger partial charge in [0.25, 0.3) is 0 Å². The Morgan fingerprint density at radius 2 is 2.24 bits per heavy atom. The van der Waals surface area contributed by atoms with E-state index in [4.69, 9.17) is 0 Å². The molecule has 2 rings (SSSR count). The van der Waals surface area contributed by atoms with E-state index in [1.807, 2.05) is 0 Å². The zero-order chi connectivity index (χ0) is 12.6. The van der Waals surface area contributed by atoms with Crippen molar-refractivity contribution in [2.75, 3.05) is 14.1 Å². The summed E-state index contributed by atoms with van der Waals surface area (Å²) in [6.45, 7) is 5.40. The first-order valence-corrected chi connectivity index (χ1v) is 6.54. The second kappa shape index (κ2) is 4.83. The molecular weight excluding hydrogens is 212 g/mol. The van der Waals surface area contributed by atoms with Crippen molar-refractivity contribution in [1.29, 1.82) is 0 Å². The molecule has 1 aliphatic carbocycles. The molecule has 3 nitrogen and oxygen atoms in total. The van der Waals surface area contributed by atoms with Crippen molar-refractivity contribution in [3.63, 3.8) is 0 Å². The first kappa shape index (κ1) is 12.7. The maximum Gasteiger partial charge on any atom is 0.0807 e. The van der Waals surface area contributed by atoms with E-state index in [9.17, 15) is 5.11 Å². The van der Waals surface area contributed by atoms with Gasteiger partial charge < -0.3 is 14.6 Å². The lowest BCUT2D eigenvalue weighted by Crippen LogP contribution is -2.30. The number of likely N-dealkylation sites (N-methyl/N-ethyl adjacent to an activating group) is 1. The summed E-state index contributed by atoms with van der Waals surface area (Å²) in [5, 5.41) is 10.0. The lowest BCUT2D eigenvalue weighted by Gasteiger charge is -2.25. The Morgan fingerprint density at radius 3 is 2.88 bits per heavy atom. The van der Waals surface area contributed by atoms with Crippen LogP contribution in [0, 0.1) is 6.92 Å². The lowest BCUT2D eigenvalue weighted by atomic mass is 9.95. The Morgan fingerprint density at radius 1 is 1.53 bits per heavy atom. The highest BCUT2D eigenvalue weighted by atomic mass is 16.3. The minimum Gasteiger partial charge on any atom is -0.388 e. The van der Waals surface area contributed by atoms with E-state index in [-0.39, 0.29) is 6.10 Å². The quantitative estimate of drug-likeness (QED) is 0.870. The standard InChI is InChI=1S/C14H24N2O/c1-10-8-12-13(6-5-7-14(12)17)16(10)9-11(2)15(3)4/h8,11,14,17H,5-7,9H2,1-4H3. The van der Waals surface area contributed by atoms with Gasteiger partial charge in [0.15, 0.2) is 0 Å². The third-order valence-electron chi connectivity index (χ3n) is 4.03. The van der Waals surface area contributed by atoms with Gasteiger partial charge in [-0.1, -0.05) is 0 Å². The molecule has 0 amide bonds. The number of aliphatic hydroxyl groups excluding tert-OH is 1. The van der Waals surface area contributed by atoms with Gasteiger partial charge in [-0.05, 0) is 53.3 Å². The molecular formula is C14H24N2O. The Bertz CT molecular complexity index is 395. The van der Waals surface area contributed by atoms with Gasteiger partial charge in [-0.3, -0.25) is 0 Å². The van der Waals surface area contributed by atoms with Crippen LogP contribution in [0.5, 0.6) is 0 Å². The molecule has 3 heteroatoms. The van der Waals surface area contributed by atoms with Crippen molar-refractivity contribution in [1.82, 2.24) is 9.47 Å². The van der Waals surface area contributed by atoms with Gasteiger partial charge in [-0.2, -0.15) is 0 Å². The normalized spacial score (nSPS) is 21.6. The number of hydrogen-bond acceptors (Lipinski definition) is 2. The molecule has 2 atom stereocenters. The van der Waals surface area contributed by atoms with Crippen molar-refractivity contribution >= 4 is 0 Å². The molecule has 1 aliphatic rings. The molecule has 2 unspecified atom stereocenters. The van der Waals surface area contributed by atoms with Crippen molar-refractivity contribution < 1.29 is 5.11 Å². The Hall–Kier alpha value is -0.800. The van der Waals surface area contributed by atoms with E-state index in [0.29, 0.717) is 6.04 Å². The Labute approximate surface area is 104 Å². The van der Waals surface area contributed by atoms with Gasteiger partial charge in [-0.25, -0.2) is 0 Å². The molecule has 0 saturated carbocycles. The van der Waals surface area contributed by atoms with Crippen LogP contribution in [0.3, 0.4) is 0 Å². The summed E-state index contributed by atoms with van der Waals surface area (Å²) < 4.78 is 2.39. The third-order valence-corrected chi connectivity index (χ3v) is 4.03. The molecule has 1 heterocycles. The summed E-state index contributed by atoms with van der Waals surface area (Å²) >= 11 is 0. The number of aliphatic hydroxyl groups is 1. The highest BCUT2D eigenvalue weighted by Gasteiger charge is 2.23. The molecule has 1 N–H and O–H groups in total. The van der Waals surface area contributed by atoms with Gasteiger partial charge in [0, 0.05) is 29.5 Å². The number of aromatic nitrogens is 1. The molecule has 0 bridgehead atoms. The van der Waals surface area contributed by atoms with Crippen LogP contribution in [0.1, 0.15) is 42.8 Å². The van der Waals surface area contributed by atoms with Crippen LogP contribution in [-0.4, -0.2) is 34.7 Å². The number of hydrogen-bond donors (Lipinski definition) is 1. The van der Waals surface area contributed by atoms with Crippen molar-refractivity contribution in [2.24, 2.45) is 0 Å². The van der Waals surface area contributed by atoms with Gasteiger partial charge in [-0.15, -0.1) is 0 Å². The van der Waals surface area contributed by atoms with Crippen LogP contribution in [0.15, 0.2) is 6.07 Å². The van der Waals surface area contributed by atoms with Crippen LogP contribution in [0.25, 0.3) is 0 Å². The fraction of sp³-hybridized carbons (Fsp3) is 0.714. The molecule has 0 spiro atoms. The van der Waals surface area contributed by atoms with Crippen LogP contribution < -0.4 is 0 Å². The molecule has 96 valence electrons.